The molecule has 2 heterocycles. The topological polar surface area (TPSA) is 97.6 Å². The normalized spacial score (nSPS) is 18.1. The molecule has 2 aliphatic rings. The minimum absolute atomic E-state index is 0.0208. The lowest BCUT2D eigenvalue weighted by Gasteiger charge is -2.15. The molecular weight excluding hydrogens is 302 g/mol. The molecule has 0 radical (unpaired) electrons. The van der Waals surface area contributed by atoms with Gasteiger partial charge in [-0.15, -0.1) is 0 Å². The van der Waals surface area contributed by atoms with E-state index in [1.807, 2.05) is 11.0 Å². The van der Waals surface area contributed by atoms with Crippen molar-refractivity contribution >= 4 is 28.7 Å². The Kier molecular flexibility index (Phi) is 6.27. The Morgan fingerprint density at radius 1 is 1.55 bits per heavy atom. The lowest BCUT2D eigenvalue weighted by molar-refractivity contribution is -0.127. The maximum absolute atomic E-state index is 11.9. The first-order valence-electron chi connectivity index (χ1n) is 7.31. The summed E-state index contributed by atoms with van der Waals surface area (Å²) in [5, 5.41) is 15.3. The minimum atomic E-state index is -0.411. The van der Waals surface area contributed by atoms with Crippen molar-refractivity contribution in [2.75, 3.05) is 31.9 Å². The van der Waals surface area contributed by atoms with E-state index in [4.69, 9.17) is 5.26 Å². The first-order chi connectivity index (χ1) is 10.7. The van der Waals surface area contributed by atoms with E-state index in [-0.39, 0.29) is 11.5 Å². The highest BCUT2D eigenvalue weighted by Gasteiger charge is 2.19. The van der Waals surface area contributed by atoms with Crippen LogP contribution < -0.4 is 10.6 Å². The molecule has 2 amide bonds. The number of amidine groups is 1. The van der Waals surface area contributed by atoms with Crippen molar-refractivity contribution in [2.45, 2.75) is 19.3 Å². The van der Waals surface area contributed by atoms with E-state index in [9.17, 15) is 9.59 Å². The van der Waals surface area contributed by atoms with Crippen LogP contribution in [0.4, 0.5) is 0 Å². The largest absolute Gasteiger partial charge is 0.351 e. The molecule has 1 fully saturated rings. The molecule has 8 heteroatoms. The number of nitriles is 1. The number of rotatable bonds is 6. The smallest absolute Gasteiger partial charge is 0.263 e. The van der Waals surface area contributed by atoms with Crippen LogP contribution in [0.5, 0.6) is 0 Å². The average Bonchev–Trinajstić information content (AvgIpc) is 3.16. The second-order valence-corrected chi connectivity index (χ2v) is 6.03. The Hall–Kier alpha value is -2.01. The molecule has 0 spiro atoms. The molecule has 2 aliphatic heterocycles. The van der Waals surface area contributed by atoms with Crippen molar-refractivity contribution in [3.05, 3.63) is 11.8 Å². The van der Waals surface area contributed by atoms with E-state index < -0.39 is 5.91 Å². The molecule has 7 nitrogen and oxygen atoms in total. The van der Waals surface area contributed by atoms with Gasteiger partial charge in [0.15, 0.2) is 5.17 Å². The van der Waals surface area contributed by atoms with Gasteiger partial charge in [-0.3, -0.25) is 14.6 Å². The van der Waals surface area contributed by atoms with Crippen LogP contribution in [-0.4, -0.2) is 53.8 Å². The highest BCUT2D eigenvalue weighted by molar-refractivity contribution is 8.14. The van der Waals surface area contributed by atoms with Crippen LogP contribution in [0.3, 0.4) is 0 Å². The number of nitrogens with zero attached hydrogens (tertiary/aromatic N) is 3. The van der Waals surface area contributed by atoms with Crippen molar-refractivity contribution in [3.63, 3.8) is 0 Å². The first-order valence-corrected chi connectivity index (χ1v) is 8.29. The third-order valence-corrected chi connectivity index (χ3v) is 4.26. The summed E-state index contributed by atoms with van der Waals surface area (Å²) in [7, 11) is 0. The number of carbonyl (C=O) groups excluding carboxylic acids is 2. The monoisotopic (exact) mass is 321 g/mol. The van der Waals surface area contributed by atoms with Gasteiger partial charge in [0.1, 0.15) is 11.6 Å². The van der Waals surface area contributed by atoms with Crippen molar-refractivity contribution < 1.29 is 9.59 Å². The van der Waals surface area contributed by atoms with Crippen molar-refractivity contribution in [2.24, 2.45) is 4.99 Å². The quantitative estimate of drug-likeness (QED) is 0.414. The van der Waals surface area contributed by atoms with Gasteiger partial charge in [0.25, 0.3) is 5.91 Å². The zero-order valence-corrected chi connectivity index (χ0v) is 13.1. The number of aliphatic imine (C=N–C) groups is 1. The number of hydrogen-bond acceptors (Lipinski definition) is 6. The Bertz CT molecular complexity index is 538. The zero-order valence-electron chi connectivity index (χ0n) is 12.3. The summed E-state index contributed by atoms with van der Waals surface area (Å²) in [4.78, 5) is 29.3. The molecule has 0 bridgehead atoms. The van der Waals surface area contributed by atoms with Crippen LogP contribution >= 0.6 is 11.8 Å². The van der Waals surface area contributed by atoms with Crippen LogP contribution in [0, 0.1) is 11.3 Å². The van der Waals surface area contributed by atoms with Crippen molar-refractivity contribution in [1.82, 2.24) is 15.5 Å². The maximum Gasteiger partial charge on any atom is 0.263 e. The maximum atomic E-state index is 11.9. The first kappa shape index (κ1) is 16.4. The molecule has 0 atom stereocenters. The summed E-state index contributed by atoms with van der Waals surface area (Å²) in [5.41, 5.74) is 0.0208. The van der Waals surface area contributed by atoms with Gasteiger partial charge in [-0.25, -0.2) is 0 Å². The lowest BCUT2D eigenvalue weighted by Crippen LogP contribution is -2.31. The van der Waals surface area contributed by atoms with Gasteiger partial charge >= 0.3 is 0 Å². The Morgan fingerprint density at radius 2 is 2.41 bits per heavy atom. The fourth-order valence-corrected chi connectivity index (χ4v) is 2.91. The molecule has 0 aliphatic carbocycles. The number of thioether (sulfide) groups is 1. The molecule has 1 saturated heterocycles. The molecule has 118 valence electrons. The summed E-state index contributed by atoms with van der Waals surface area (Å²) in [6.45, 7) is 2.65. The number of amides is 2. The third-order valence-electron chi connectivity index (χ3n) is 3.35. The number of carbonyl (C=O) groups is 2. The highest BCUT2D eigenvalue weighted by Crippen LogP contribution is 2.10. The number of hydrogen-bond donors (Lipinski definition) is 2. The Morgan fingerprint density at radius 3 is 3.05 bits per heavy atom. The van der Waals surface area contributed by atoms with Crippen LogP contribution in [0.2, 0.25) is 0 Å². The van der Waals surface area contributed by atoms with Crippen LogP contribution in [-0.2, 0) is 9.59 Å². The van der Waals surface area contributed by atoms with E-state index >= 15 is 0 Å². The Labute approximate surface area is 133 Å². The summed E-state index contributed by atoms with van der Waals surface area (Å²) in [6.07, 6.45) is 3.62. The van der Waals surface area contributed by atoms with Gasteiger partial charge in [0.05, 0.1) is 6.54 Å². The molecule has 22 heavy (non-hydrogen) atoms. The standard InChI is InChI=1S/C14H19N5O2S/c15-9-11(10-18-14-17-5-8-22-14)13(21)16-4-2-7-19-6-1-3-12(19)20/h10H,1-8H2,(H,16,21)(H,17,18)/b11-10-. The van der Waals surface area contributed by atoms with Crippen LogP contribution in [0.25, 0.3) is 0 Å². The molecule has 2 rings (SSSR count). The van der Waals surface area contributed by atoms with Gasteiger partial charge < -0.3 is 15.5 Å². The summed E-state index contributed by atoms with van der Waals surface area (Å²) >= 11 is 1.56. The molecule has 0 aromatic rings. The van der Waals surface area contributed by atoms with E-state index in [1.54, 1.807) is 11.8 Å². The zero-order chi connectivity index (χ0) is 15.8. The fourth-order valence-electron chi connectivity index (χ4n) is 2.21. The Balaban J connectivity index is 1.69. The number of likely N-dealkylation sites (tertiary alicyclic amines) is 1. The molecule has 0 aromatic carbocycles. The van der Waals surface area contributed by atoms with Gasteiger partial charge in [-0.1, -0.05) is 11.8 Å². The van der Waals surface area contributed by atoms with Crippen molar-refractivity contribution in [1.29, 1.82) is 5.26 Å². The fraction of sp³-hybridized carbons (Fsp3) is 0.571. The predicted molar refractivity (Wildman–Crippen MR) is 85.0 cm³/mol. The molecule has 0 saturated carbocycles. The molecule has 0 aromatic heterocycles. The van der Waals surface area contributed by atoms with E-state index in [0.29, 0.717) is 25.9 Å². The average molecular weight is 321 g/mol. The predicted octanol–water partition coefficient (Wildman–Crippen LogP) is 0.215. The van der Waals surface area contributed by atoms with Crippen molar-refractivity contribution in [3.8, 4) is 6.07 Å². The molecular formula is C14H19N5O2S. The van der Waals surface area contributed by atoms with Crippen LogP contribution in [0.1, 0.15) is 19.3 Å². The van der Waals surface area contributed by atoms with Gasteiger partial charge in [-0.2, -0.15) is 5.26 Å². The summed E-state index contributed by atoms with van der Waals surface area (Å²) in [6, 6.07) is 1.87. The van der Waals surface area contributed by atoms with E-state index in [0.717, 1.165) is 30.4 Å². The lowest BCUT2D eigenvalue weighted by atomic mass is 10.3. The SMILES string of the molecule is N#C/C(=C/NC1=NCCS1)C(=O)NCCCN1CCCC1=O. The molecule has 2 N–H and O–H groups in total. The second-order valence-electron chi connectivity index (χ2n) is 4.94. The highest BCUT2D eigenvalue weighted by atomic mass is 32.2. The van der Waals surface area contributed by atoms with E-state index in [2.05, 4.69) is 15.6 Å². The number of nitrogens with one attached hydrogen (secondary N) is 2. The van der Waals surface area contributed by atoms with Crippen LogP contribution in [0.15, 0.2) is 16.8 Å². The second kappa shape index (κ2) is 8.44. The third kappa shape index (κ3) is 4.77. The van der Waals surface area contributed by atoms with Gasteiger partial charge in [-0.05, 0) is 12.8 Å². The summed E-state index contributed by atoms with van der Waals surface area (Å²) in [5.74, 6) is 0.689. The molecule has 0 unspecified atom stereocenters. The summed E-state index contributed by atoms with van der Waals surface area (Å²) < 4.78 is 0. The van der Waals surface area contributed by atoms with E-state index in [1.165, 1.54) is 6.20 Å². The minimum Gasteiger partial charge on any atom is -0.351 e. The van der Waals surface area contributed by atoms with Gasteiger partial charge in [0.2, 0.25) is 5.91 Å². The van der Waals surface area contributed by atoms with Gasteiger partial charge in [0, 0.05) is 38.0 Å².